The first-order chi connectivity index (χ1) is 17.0. The van der Waals surface area contributed by atoms with Gasteiger partial charge in [0.15, 0.2) is 0 Å². The Morgan fingerprint density at radius 1 is 0.857 bits per heavy atom. The van der Waals surface area contributed by atoms with E-state index in [4.69, 9.17) is 4.98 Å². The number of hydrogen-bond acceptors (Lipinski definition) is 2. The van der Waals surface area contributed by atoms with E-state index in [1.807, 2.05) is 18.5 Å². The van der Waals surface area contributed by atoms with Gasteiger partial charge in [-0.05, 0) is 84.1 Å². The summed E-state index contributed by atoms with van der Waals surface area (Å²) in [6.45, 7) is 6.48. The SMILES string of the molecule is C/C(=C\c1ccccc1C1(C)C=CC=CN1)c1ccc(-c2ccccc2)cc1-c1ccc(C)cn1. The maximum Gasteiger partial charge on any atom is 0.0785 e. The Balaban J connectivity index is 1.63. The topological polar surface area (TPSA) is 24.9 Å². The van der Waals surface area contributed by atoms with Gasteiger partial charge in [-0.3, -0.25) is 4.98 Å². The number of allylic oxidation sites excluding steroid dienone is 3. The van der Waals surface area contributed by atoms with E-state index >= 15 is 0 Å². The number of nitrogens with zero attached hydrogens (tertiary/aromatic N) is 1. The van der Waals surface area contributed by atoms with E-state index in [1.165, 1.54) is 33.4 Å². The zero-order chi connectivity index (χ0) is 24.3. The summed E-state index contributed by atoms with van der Waals surface area (Å²) in [4.78, 5) is 4.78. The fourth-order valence-corrected chi connectivity index (χ4v) is 4.68. The highest BCUT2D eigenvalue weighted by Gasteiger charge is 2.25. The largest absolute Gasteiger partial charge is 0.378 e. The minimum atomic E-state index is -0.249. The number of rotatable bonds is 5. The molecule has 0 fully saturated rings. The Kier molecular flexibility index (Phi) is 6.20. The maximum atomic E-state index is 4.78. The van der Waals surface area contributed by atoms with Gasteiger partial charge >= 0.3 is 0 Å². The smallest absolute Gasteiger partial charge is 0.0785 e. The molecule has 1 aromatic heterocycles. The van der Waals surface area contributed by atoms with Crippen molar-refractivity contribution in [1.82, 2.24) is 10.3 Å². The number of benzene rings is 3. The van der Waals surface area contributed by atoms with Crippen LogP contribution in [0.5, 0.6) is 0 Å². The minimum absolute atomic E-state index is 0.249. The molecule has 172 valence electrons. The molecule has 2 heterocycles. The van der Waals surface area contributed by atoms with E-state index in [0.29, 0.717) is 0 Å². The van der Waals surface area contributed by atoms with Gasteiger partial charge in [0.25, 0.3) is 0 Å². The second-order valence-corrected chi connectivity index (χ2v) is 9.33. The highest BCUT2D eigenvalue weighted by atomic mass is 14.9. The summed E-state index contributed by atoms with van der Waals surface area (Å²) in [5.74, 6) is 0. The molecular weight excluding hydrogens is 424 g/mol. The molecule has 1 N–H and O–H groups in total. The Morgan fingerprint density at radius 2 is 1.66 bits per heavy atom. The van der Waals surface area contributed by atoms with Crippen molar-refractivity contribution >= 4 is 11.6 Å². The Labute approximate surface area is 208 Å². The molecule has 3 aromatic carbocycles. The average Bonchev–Trinajstić information content (AvgIpc) is 2.90. The van der Waals surface area contributed by atoms with Crippen LogP contribution >= 0.6 is 0 Å². The van der Waals surface area contributed by atoms with Gasteiger partial charge in [0, 0.05) is 11.8 Å². The van der Waals surface area contributed by atoms with Crippen molar-refractivity contribution in [3.63, 3.8) is 0 Å². The third-order valence-corrected chi connectivity index (χ3v) is 6.65. The van der Waals surface area contributed by atoms with E-state index in [9.17, 15) is 0 Å². The van der Waals surface area contributed by atoms with E-state index in [-0.39, 0.29) is 5.54 Å². The fourth-order valence-electron chi connectivity index (χ4n) is 4.68. The van der Waals surface area contributed by atoms with Crippen LogP contribution in [0.1, 0.15) is 36.1 Å². The standard InChI is InChI=1S/C33H30N2/c1-24-15-18-32(34-23-24)30-22-27(26-11-5-4-6-12-26)16-17-29(30)25(2)21-28-13-7-8-14-31(28)33(3)19-9-10-20-35-33/h4-23,35H,1-3H3/b25-21+. The first-order valence-electron chi connectivity index (χ1n) is 12.1. The predicted molar refractivity (Wildman–Crippen MR) is 149 cm³/mol. The van der Waals surface area contributed by atoms with Gasteiger partial charge in [0.2, 0.25) is 0 Å². The molecule has 0 radical (unpaired) electrons. The van der Waals surface area contributed by atoms with Gasteiger partial charge in [-0.15, -0.1) is 0 Å². The molecular formula is C33H30N2. The second-order valence-electron chi connectivity index (χ2n) is 9.33. The van der Waals surface area contributed by atoms with Gasteiger partial charge < -0.3 is 5.32 Å². The summed E-state index contributed by atoms with van der Waals surface area (Å²) in [6.07, 6.45) is 12.6. The van der Waals surface area contributed by atoms with Gasteiger partial charge in [-0.2, -0.15) is 0 Å². The highest BCUT2D eigenvalue weighted by molar-refractivity contribution is 5.90. The van der Waals surface area contributed by atoms with Gasteiger partial charge in [-0.25, -0.2) is 0 Å². The first-order valence-corrected chi connectivity index (χ1v) is 12.1. The zero-order valence-corrected chi connectivity index (χ0v) is 20.5. The number of nitrogens with one attached hydrogen (secondary N) is 1. The van der Waals surface area contributed by atoms with E-state index in [0.717, 1.165) is 16.8 Å². The molecule has 0 aliphatic carbocycles. The number of hydrogen-bond donors (Lipinski definition) is 1. The zero-order valence-electron chi connectivity index (χ0n) is 20.5. The minimum Gasteiger partial charge on any atom is -0.378 e. The van der Waals surface area contributed by atoms with Gasteiger partial charge in [0.1, 0.15) is 0 Å². The molecule has 0 spiro atoms. The number of aryl methyl sites for hydroxylation is 1. The van der Waals surface area contributed by atoms with Crippen LogP contribution in [0.25, 0.3) is 34.0 Å². The van der Waals surface area contributed by atoms with Crippen LogP contribution in [-0.2, 0) is 5.54 Å². The van der Waals surface area contributed by atoms with Crippen LogP contribution in [-0.4, -0.2) is 4.98 Å². The first kappa shape index (κ1) is 22.6. The molecule has 0 amide bonds. The van der Waals surface area contributed by atoms with Crippen LogP contribution < -0.4 is 5.32 Å². The van der Waals surface area contributed by atoms with Crippen molar-refractivity contribution in [3.05, 3.63) is 138 Å². The monoisotopic (exact) mass is 454 g/mol. The summed E-state index contributed by atoms with van der Waals surface area (Å²) in [6, 6.07) is 30.1. The third kappa shape index (κ3) is 4.74. The summed E-state index contributed by atoms with van der Waals surface area (Å²) < 4.78 is 0. The third-order valence-electron chi connectivity index (χ3n) is 6.65. The quantitative estimate of drug-likeness (QED) is 0.308. The summed E-state index contributed by atoms with van der Waals surface area (Å²) in [5.41, 5.74) is 10.3. The molecule has 5 rings (SSSR count). The van der Waals surface area contributed by atoms with Crippen LogP contribution in [0.3, 0.4) is 0 Å². The van der Waals surface area contributed by atoms with Gasteiger partial charge in [-0.1, -0.05) is 91.0 Å². The van der Waals surface area contributed by atoms with Crippen molar-refractivity contribution in [2.24, 2.45) is 0 Å². The molecule has 0 saturated heterocycles. The summed E-state index contributed by atoms with van der Waals surface area (Å²) in [7, 11) is 0. The maximum absolute atomic E-state index is 4.78. The van der Waals surface area contributed by atoms with E-state index < -0.39 is 0 Å². The molecule has 0 saturated carbocycles. The number of aromatic nitrogens is 1. The lowest BCUT2D eigenvalue weighted by Gasteiger charge is -2.31. The Bertz CT molecular complexity index is 1430. The lowest BCUT2D eigenvalue weighted by Crippen LogP contribution is -2.35. The Morgan fingerprint density at radius 3 is 2.40 bits per heavy atom. The molecule has 35 heavy (non-hydrogen) atoms. The second kappa shape index (κ2) is 9.60. The van der Waals surface area contributed by atoms with E-state index in [1.54, 1.807) is 0 Å². The fraction of sp³-hybridized carbons (Fsp3) is 0.121. The molecule has 1 unspecified atom stereocenters. The Hall–Kier alpha value is -4.17. The summed E-state index contributed by atoms with van der Waals surface area (Å²) in [5, 5.41) is 3.53. The number of dihydropyridines is 1. The average molecular weight is 455 g/mol. The van der Waals surface area contributed by atoms with Crippen LogP contribution in [0.15, 0.2) is 116 Å². The highest BCUT2D eigenvalue weighted by Crippen LogP contribution is 2.35. The summed E-state index contributed by atoms with van der Waals surface area (Å²) >= 11 is 0. The normalized spacial score (nSPS) is 17.3. The lowest BCUT2D eigenvalue weighted by atomic mass is 9.85. The lowest BCUT2D eigenvalue weighted by molar-refractivity contribution is 0.523. The van der Waals surface area contributed by atoms with Crippen molar-refractivity contribution in [2.45, 2.75) is 26.3 Å². The molecule has 2 nitrogen and oxygen atoms in total. The molecule has 4 aromatic rings. The van der Waals surface area contributed by atoms with Crippen molar-refractivity contribution in [1.29, 1.82) is 0 Å². The van der Waals surface area contributed by atoms with Gasteiger partial charge in [0.05, 0.1) is 11.2 Å². The van der Waals surface area contributed by atoms with Crippen molar-refractivity contribution in [2.75, 3.05) is 0 Å². The van der Waals surface area contributed by atoms with Crippen LogP contribution in [0, 0.1) is 6.92 Å². The van der Waals surface area contributed by atoms with E-state index in [2.05, 4.69) is 129 Å². The van der Waals surface area contributed by atoms with Crippen molar-refractivity contribution < 1.29 is 0 Å². The molecule has 2 heteroatoms. The number of pyridine rings is 1. The molecule has 1 aliphatic heterocycles. The van der Waals surface area contributed by atoms with Crippen molar-refractivity contribution in [3.8, 4) is 22.4 Å². The molecule has 1 aliphatic rings. The van der Waals surface area contributed by atoms with Crippen LogP contribution in [0.4, 0.5) is 0 Å². The molecule has 1 atom stereocenters. The molecule has 0 bridgehead atoms. The van der Waals surface area contributed by atoms with Crippen LogP contribution in [0.2, 0.25) is 0 Å². The predicted octanol–water partition coefficient (Wildman–Crippen LogP) is 8.17.